The number of benzene rings is 2. The van der Waals surface area contributed by atoms with Crippen molar-refractivity contribution >= 4 is 40.4 Å². The minimum absolute atomic E-state index is 0.0818. The number of methoxy groups -OCH3 is 1. The first-order valence-corrected chi connectivity index (χ1v) is 16.4. The van der Waals surface area contributed by atoms with E-state index in [2.05, 4.69) is 20.6 Å². The zero-order valence-electron chi connectivity index (χ0n) is 27.7. The maximum absolute atomic E-state index is 13.5. The van der Waals surface area contributed by atoms with E-state index in [1.165, 1.54) is 14.0 Å². The highest BCUT2D eigenvalue weighted by atomic mass is 16.5. The van der Waals surface area contributed by atoms with Crippen molar-refractivity contribution in [2.24, 2.45) is 5.92 Å². The molecule has 0 spiro atoms. The summed E-state index contributed by atoms with van der Waals surface area (Å²) < 4.78 is 4.74. The number of nitrogens with one attached hydrogen (secondary N) is 3. The minimum atomic E-state index is -0.687. The summed E-state index contributed by atoms with van der Waals surface area (Å²) >= 11 is 0. The van der Waals surface area contributed by atoms with Crippen LogP contribution in [-0.4, -0.2) is 80.8 Å². The van der Waals surface area contributed by atoms with Crippen LogP contribution in [0.3, 0.4) is 0 Å². The number of amides is 4. The van der Waals surface area contributed by atoms with Crippen molar-refractivity contribution in [2.75, 3.05) is 25.5 Å². The van der Waals surface area contributed by atoms with E-state index in [0.717, 1.165) is 52.7 Å². The summed E-state index contributed by atoms with van der Waals surface area (Å²) in [7, 11) is 1.29. The molecule has 2 saturated heterocycles. The molecule has 12 nitrogen and oxygen atoms in total. The molecule has 2 aromatic heterocycles. The Morgan fingerprint density at radius 3 is 2.40 bits per heavy atom. The summed E-state index contributed by atoms with van der Waals surface area (Å²) in [6, 6.07) is 16.3. The van der Waals surface area contributed by atoms with Gasteiger partial charge in [-0.2, -0.15) is 0 Å². The van der Waals surface area contributed by atoms with Gasteiger partial charge in [0, 0.05) is 36.7 Å². The number of fused-ring (bicyclic) bond motifs is 1. The van der Waals surface area contributed by atoms with Crippen LogP contribution in [-0.2, 0) is 19.1 Å². The third-order valence-electron chi connectivity index (χ3n) is 9.25. The second-order valence-corrected chi connectivity index (χ2v) is 12.8. The molecular formula is C36H41N7O5. The molecule has 48 heavy (non-hydrogen) atoms. The van der Waals surface area contributed by atoms with E-state index >= 15 is 0 Å². The Kier molecular flexibility index (Phi) is 9.42. The van der Waals surface area contributed by atoms with Crippen molar-refractivity contribution in [3.05, 3.63) is 66.6 Å². The molecule has 0 radical (unpaired) electrons. The number of imidazole rings is 1. The summed E-state index contributed by atoms with van der Waals surface area (Å²) in [6.07, 6.45) is 4.28. The first-order chi connectivity index (χ1) is 23.1. The Hall–Kier alpha value is -5.26. The first-order valence-electron chi connectivity index (χ1n) is 16.4. The standard InChI is InChI=1S/C36H41N7O5/c1-21(2)32(41-36(47)48-4)35(46)43-18-5-7-30(43)33-37-20-29(40-33)24-11-9-23(10-12-24)27-15-13-25-19-26(14-16-28(25)39-27)38-34(45)31-8-6-17-42(31)22(3)44/h9-16,19-21,30-32H,5-8,17-18H2,1-4H3,(H,37,40)(H,38,45)(H,41,47)/t30-,31-,32-/m0/s1. The zero-order valence-corrected chi connectivity index (χ0v) is 27.7. The number of anilines is 1. The number of carbonyl (C=O) groups excluding carboxylic acids is 4. The largest absolute Gasteiger partial charge is 0.453 e. The SMILES string of the molecule is COC(=O)N[C@H](C(=O)N1CCC[C@H]1c1ncc(-c2ccc(-c3ccc4cc(NC(=O)[C@@H]5CCCN5C(C)=O)ccc4n3)cc2)[nH]1)C(C)C. The highest BCUT2D eigenvalue weighted by Crippen LogP contribution is 2.33. The molecular weight excluding hydrogens is 610 g/mol. The van der Waals surface area contributed by atoms with Gasteiger partial charge < -0.3 is 30.2 Å². The van der Waals surface area contributed by atoms with E-state index in [1.54, 1.807) is 16.0 Å². The number of ether oxygens (including phenoxy) is 1. The Morgan fingerprint density at radius 1 is 0.938 bits per heavy atom. The van der Waals surface area contributed by atoms with Crippen LogP contribution in [0.2, 0.25) is 0 Å². The van der Waals surface area contributed by atoms with Gasteiger partial charge in [0.1, 0.15) is 17.9 Å². The van der Waals surface area contributed by atoms with Crippen molar-refractivity contribution in [1.29, 1.82) is 0 Å². The van der Waals surface area contributed by atoms with Gasteiger partial charge in [-0.05, 0) is 61.4 Å². The number of H-pyrrole nitrogens is 1. The average Bonchev–Trinajstić information content (AvgIpc) is 3.88. The smallest absolute Gasteiger partial charge is 0.407 e. The van der Waals surface area contributed by atoms with Crippen LogP contribution >= 0.6 is 0 Å². The molecule has 0 bridgehead atoms. The van der Waals surface area contributed by atoms with Gasteiger partial charge in [0.25, 0.3) is 0 Å². The molecule has 0 saturated carbocycles. The number of rotatable bonds is 8. The number of hydrogen-bond acceptors (Lipinski definition) is 7. The van der Waals surface area contributed by atoms with E-state index in [-0.39, 0.29) is 29.7 Å². The topological polar surface area (TPSA) is 150 Å². The molecule has 3 N–H and O–H groups in total. The molecule has 4 aromatic rings. The van der Waals surface area contributed by atoms with Crippen molar-refractivity contribution in [3.8, 4) is 22.5 Å². The van der Waals surface area contributed by atoms with E-state index in [0.29, 0.717) is 31.0 Å². The first kappa shape index (κ1) is 32.7. The predicted octanol–water partition coefficient (Wildman–Crippen LogP) is 5.29. The molecule has 2 aromatic carbocycles. The van der Waals surface area contributed by atoms with Gasteiger partial charge in [0.15, 0.2) is 0 Å². The number of carbonyl (C=O) groups is 4. The van der Waals surface area contributed by atoms with Crippen LogP contribution in [0.15, 0.2) is 60.8 Å². The van der Waals surface area contributed by atoms with E-state index in [9.17, 15) is 19.2 Å². The number of hydrogen-bond donors (Lipinski definition) is 3. The van der Waals surface area contributed by atoms with Crippen LogP contribution in [0.5, 0.6) is 0 Å². The summed E-state index contributed by atoms with van der Waals surface area (Å²) in [5.74, 6) is 0.216. The third kappa shape index (κ3) is 6.73. The van der Waals surface area contributed by atoms with Gasteiger partial charge in [-0.25, -0.2) is 14.8 Å². The lowest BCUT2D eigenvalue weighted by Gasteiger charge is -2.30. The van der Waals surface area contributed by atoms with Gasteiger partial charge in [-0.15, -0.1) is 0 Å². The number of pyridine rings is 1. The maximum Gasteiger partial charge on any atom is 0.407 e. The van der Waals surface area contributed by atoms with E-state index in [1.807, 2.05) is 68.4 Å². The lowest BCUT2D eigenvalue weighted by atomic mass is 10.0. The molecule has 0 aliphatic carbocycles. The number of likely N-dealkylation sites (tertiary alicyclic amines) is 2. The second kappa shape index (κ2) is 13.8. The highest BCUT2D eigenvalue weighted by Gasteiger charge is 2.37. The monoisotopic (exact) mass is 651 g/mol. The van der Waals surface area contributed by atoms with Crippen molar-refractivity contribution in [3.63, 3.8) is 0 Å². The Bertz CT molecular complexity index is 1840. The molecule has 250 valence electrons. The van der Waals surface area contributed by atoms with Gasteiger partial charge in [0.2, 0.25) is 17.7 Å². The Morgan fingerprint density at radius 2 is 1.67 bits per heavy atom. The molecule has 2 aliphatic rings. The van der Waals surface area contributed by atoms with E-state index < -0.39 is 18.2 Å². The lowest BCUT2D eigenvalue weighted by Crippen LogP contribution is -2.51. The van der Waals surface area contributed by atoms with Crippen LogP contribution in [0.1, 0.15) is 58.3 Å². The normalized spacial score (nSPS) is 18.3. The second-order valence-electron chi connectivity index (χ2n) is 12.8. The van der Waals surface area contributed by atoms with Gasteiger partial charge in [-0.1, -0.05) is 44.2 Å². The van der Waals surface area contributed by atoms with Gasteiger partial charge >= 0.3 is 6.09 Å². The highest BCUT2D eigenvalue weighted by molar-refractivity contribution is 5.99. The number of alkyl carbamates (subject to hydrolysis) is 1. The number of nitrogens with zero attached hydrogens (tertiary/aromatic N) is 4. The molecule has 3 atom stereocenters. The molecule has 4 heterocycles. The van der Waals surface area contributed by atoms with Crippen molar-refractivity contribution < 1.29 is 23.9 Å². The Labute approximate surface area is 279 Å². The summed E-state index contributed by atoms with van der Waals surface area (Å²) in [5, 5.41) is 6.55. The molecule has 6 rings (SSSR count). The summed E-state index contributed by atoms with van der Waals surface area (Å²) in [4.78, 5) is 66.5. The van der Waals surface area contributed by atoms with Crippen LogP contribution in [0, 0.1) is 5.92 Å². The lowest BCUT2D eigenvalue weighted by molar-refractivity contribution is -0.135. The fraction of sp³-hybridized carbons (Fsp3) is 0.389. The molecule has 2 aliphatic heterocycles. The quantitative estimate of drug-likeness (QED) is 0.235. The van der Waals surface area contributed by atoms with Crippen molar-refractivity contribution in [2.45, 2.75) is 64.6 Å². The van der Waals surface area contributed by atoms with E-state index in [4.69, 9.17) is 9.72 Å². The van der Waals surface area contributed by atoms with Crippen LogP contribution in [0.4, 0.5) is 10.5 Å². The minimum Gasteiger partial charge on any atom is -0.453 e. The summed E-state index contributed by atoms with van der Waals surface area (Å²) in [6.45, 7) is 6.49. The van der Waals surface area contributed by atoms with Crippen LogP contribution < -0.4 is 10.6 Å². The third-order valence-corrected chi connectivity index (χ3v) is 9.25. The fourth-order valence-corrected chi connectivity index (χ4v) is 6.67. The average molecular weight is 652 g/mol. The molecule has 4 amide bonds. The molecule has 12 heteroatoms. The van der Waals surface area contributed by atoms with Crippen LogP contribution in [0.25, 0.3) is 33.4 Å². The fourth-order valence-electron chi connectivity index (χ4n) is 6.67. The van der Waals surface area contributed by atoms with Crippen molar-refractivity contribution in [1.82, 2.24) is 30.1 Å². The summed E-state index contributed by atoms with van der Waals surface area (Å²) in [5.41, 5.74) is 5.04. The molecule has 2 fully saturated rings. The van der Waals surface area contributed by atoms with Gasteiger partial charge in [-0.3, -0.25) is 14.4 Å². The number of aromatic nitrogens is 3. The zero-order chi connectivity index (χ0) is 33.9. The van der Waals surface area contributed by atoms with Gasteiger partial charge in [0.05, 0.1) is 36.3 Å². The number of aromatic amines is 1. The Balaban J connectivity index is 1.13. The molecule has 0 unspecified atom stereocenters. The predicted molar refractivity (Wildman–Crippen MR) is 182 cm³/mol. The maximum atomic E-state index is 13.5.